The summed E-state index contributed by atoms with van der Waals surface area (Å²) in [6.07, 6.45) is 4.03. The van der Waals surface area contributed by atoms with Gasteiger partial charge in [0, 0.05) is 23.1 Å². The van der Waals surface area contributed by atoms with Gasteiger partial charge in [0.2, 0.25) is 0 Å². The number of nitrogens with one attached hydrogen (secondary N) is 2. The van der Waals surface area contributed by atoms with Crippen LogP contribution in [0, 0.1) is 11.6 Å². The molecule has 3 aliphatic carbocycles. The molecule has 2 N–H and O–H groups in total. The van der Waals surface area contributed by atoms with Crippen LogP contribution < -0.4 is 14.8 Å². The molecule has 0 saturated heterocycles. The third-order valence-electron chi connectivity index (χ3n) is 6.11. The number of hydrogen-bond donors (Lipinski definition) is 2. The predicted octanol–water partition coefficient (Wildman–Crippen LogP) is 4.94. The zero-order valence-corrected chi connectivity index (χ0v) is 18.8. The molecule has 1 heterocycles. The van der Waals surface area contributed by atoms with E-state index in [1.165, 1.54) is 24.3 Å². The Labute approximate surface area is 198 Å². The number of aromatic nitrogens is 2. The molecule has 1 amide bonds. The molecular formula is C23H19Cl2F2N3O3. The van der Waals surface area contributed by atoms with E-state index in [2.05, 4.69) is 15.3 Å². The molecule has 3 fully saturated rings. The lowest BCUT2D eigenvalue weighted by atomic mass is 9.39. The van der Waals surface area contributed by atoms with Gasteiger partial charge in [0.1, 0.15) is 35.6 Å². The van der Waals surface area contributed by atoms with Crippen LogP contribution in [0.25, 0.3) is 0 Å². The fraction of sp³-hybridized carbons (Fsp3) is 0.304. The summed E-state index contributed by atoms with van der Waals surface area (Å²) >= 11 is 11.3. The number of carbonyl (C=O) groups excluding carboxylic acids is 1. The standard InChI is InChI=1S/C23H19Cl2F2N3O3/c24-16-3-1-14(5-18(16)26)32-8-13-7-28-21(29-13)22-10-23(11-22,12-22)30-20(31)9-33-15-2-4-17(25)19(27)6-15/h1-7H,8-12H2,(H,28,29)(H,30,31). The molecular weight excluding hydrogens is 475 g/mol. The van der Waals surface area contributed by atoms with Gasteiger partial charge in [0.05, 0.1) is 21.9 Å². The molecule has 33 heavy (non-hydrogen) atoms. The van der Waals surface area contributed by atoms with Gasteiger partial charge in [0.25, 0.3) is 5.91 Å². The SMILES string of the molecule is O=C(COc1ccc(Cl)c(F)c1)NC12CC(c3ncc(COc4ccc(Cl)c(F)c4)[nH]3)(C1)C2. The van der Waals surface area contributed by atoms with Crippen LogP contribution in [0.15, 0.2) is 42.6 Å². The van der Waals surface area contributed by atoms with Crippen molar-refractivity contribution in [2.75, 3.05) is 6.61 Å². The molecule has 6 rings (SSSR count). The van der Waals surface area contributed by atoms with Crippen molar-refractivity contribution in [3.05, 3.63) is 75.8 Å². The first-order chi connectivity index (χ1) is 15.8. The third kappa shape index (κ3) is 4.25. The molecule has 0 unspecified atom stereocenters. The third-order valence-corrected chi connectivity index (χ3v) is 6.73. The number of rotatable bonds is 8. The number of carbonyl (C=O) groups is 1. The topological polar surface area (TPSA) is 76.2 Å². The number of benzene rings is 2. The Balaban J connectivity index is 1.10. The highest BCUT2D eigenvalue weighted by atomic mass is 35.5. The maximum absolute atomic E-state index is 13.5. The Bertz CT molecular complexity index is 1210. The summed E-state index contributed by atoms with van der Waals surface area (Å²) in [6, 6.07) is 8.32. The quantitative estimate of drug-likeness (QED) is 0.465. The van der Waals surface area contributed by atoms with E-state index in [9.17, 15) is 13.6 Å². The molecule has 3 aliphatic rings. The van der Waals surface area contributed by atoms with Gasteiger partial charge in [-0.3, -0.25) is 4.79 Å². The number of hydrogen-bond acceptors (Lipinski definition) is 4. The average molecular weight is 494 g/mol. The second-order valence-corrected chi connectivity index (χ2v) is 9.44. The second kappa shape index (κ2) is 8.18. The predicted molar refractivity (Wildman–Crippen MR) is 118 cm³/mol. The zero-order valence-electron chi connectivity index (χ0n) is 17.3. The number of nitrogens with zero attached hydrogens (tertiary/aromatic N) is 1. The first kappa shape index (κ1) is 22.0. The normalized spacial score (nSPS) is 22.8. The lowest BCUT2D eigenvalue weighted by Gasteiger charge is -2.69. The number of halogens is 4. The summed E-state index contributed by atoms with van der Waals surface area (Å²) < 4.78 is 37.9. The summed E-state index contributed by atoms with van der Waals surface area (Å²) in [5.41, 5.74) is 0.431. The lowest BCUT2D eigenvalue weighted by Crippen LogP contribution is -2.77. The van der Waals surface area contributed by atoms with E-state index in [1.807, 2.05) is 0 Å². The molecule has 3 saturated carbocycles. The van der Waals surface area contributed by atoms with Crippen LogP contribution in [0.1, 0.15) is 30.8 Å². The molecule has 1 aromatic heterocycles. The van der Waals surface area contributed by atoms with Crippen molar-refractivity contribution in [3.8, 4) is 11.5 Å². The van der Waals surface area contributed by atoms with Gasteiger partial charge in [-0.15, -0.1) is 0 Å². The number of amides is 1. The largest absolute Gasteiger partial charge is 0.487 e. The van der Waals surface area contributed by atoms with Crippen molar-refractivity contribution in [2.24, 2.45) is 0 Å². The van der Waals surface area contributed by atoms with E-state index in [1.54, 1.807) is 12.3 Å². The maximum atomic E-state index is 13.5. The smallest absolute Gasteiger partial charge is 0.258 e. The first-order valence-corrected chi connectivity index (χ1v) is 11.0. The highest BCUT2D eigenvalue weighted by molar-refractivity contribution is 6.31. The van der Waals surface area contributed by atoms with Crippen LogP contribution in [0.2, 0.25) is 10.0 Å². The molecule has 172 valence electrons. The van der Waals surface area contributed by atoms with Crippen molar-refractivity contribution >= 4 is 29.1 Å². The van der Waals surface area contributed by atoms with Gasteiger partial charge >= 0.3 is 0 Å². The second-order valence-electron chi connectivity index (χ2n) is 8.63. The van der Waals surface area contributed by atoms with E-state index in [4.69, 9.17) is 32.7 Å². The zero-order chi connectivity index (χ0) is 23.2. The van der Waals surface area contributed by atoms with Crippen molar-refractivity contribution in [1.29, 1.82) is 0 Å². The Morgan fingerprint density at radius 1 is 1.03 bits per heavy atom. The summed E-state index contributed by atoms with van der Waals surface area (Å²) in [6.45, 7) is 0.0119. The summed E-state index contributed by atoms with van der Waals surface area (Å²) in [7, 11) is 0. The Hall–Kier alpha value is -2.84. The van der Waals surface area contributed by atoms with Crippen molar-refractivity contribution in [2.45, 2.75) is 36.8 Å². The van der Waals surface area contributed by atoms with Crippen LogP contribution >= 0.6 is 23.2 Å². The molecule has 2 bridgehead atoms. The number of aromatic amines is 1. The van der Waals surface area contributed by atoms with E-state index in [0.717, 1.165) is 36.8 Å². The van der Waals surface area contributed by atoms with Gasteiger partial charge in [-0.1, -0.05) is 23.2 Å². The molecule has 0 atom stereocenters. The minimum Gasteiger partial charge on any atom is -0.487 e. The first-order valence-electron chi connectivity index (χ1n) is 10.3. The van der Waals surface area contributed by atoms with Crippen molar-refractivity contribution in [3.63, 3.8) is 0 Å². The summed E-state index contributed by atoms with van der Waals surface area (Å²) in [4.78, 5) is 20.0. The van der Waals surface area contributed by atoms with Crippen LogP contribution in [-0.4, -0.2) is 28.0 Å². The molecule has 0 spiro atoms. The minimum absolute atomic E-state index is 0.00233. The summed E-state index contributed by atoms with van der Waals surface area (Å²) in [5.74, 6) is 0.0808. The Morgan fingerprint density at radius 3 is 2.24 bits per heavy atom. The van der Waals surface area contributed by atoms with Gasteiger partial charge < -0.3 is 19.8 Å². The highest BCUT2D eigenvalue weighted by Crippen LogP contribution is 2.67. The van der Waals surface area contributed by atoms with Crippen LogP contribution in [0.3, 0.4) is 0 Å². The average Bonchev–Trinajstić information content (AvgIpc) is 3.20. The van der Waals surface area contributed by atoms with Crippen molar-refractivity contribution in [1.82, 2.24) is 15.3 Å². The molecule has 6 nitrogen and oxygen atoms in total. The van der Waals surface area contributed by atoms with Gasteiger partial charge in [-0.05, 0) is 43.5 Å². The lowest BCUT2D eigenvalue weighted by molar-refractivity contribution is -0.141. The molecule has 2 aromatic carbocycles. The number of ether oxygens (including phenoxy) is 2. The molecule has 0 aliphatic heterocycles. The van der Waals surface area contributed by atoms with Gasteiger partial charge in [0.15, 0.2) is 6.61 Å². The highest BCUT2D eigenvalue weighted by Gasteiger charge is 2.70. The van der Waals surface area contributed by atoms with E-state index < -0.39 is 11.6 Å². The van der Waals surface area contributed by atoms with Crippen LogP contribution in [-0.2, 0) is 16.8 Å². The fourth-order valence-corrected chi connectivity index (χ4v) is 4.88. The maximum Gasteiger partial charge on any atom is 0.258 e. The van der Waals surface area contributed by atoms with E-state index >= 15 is 0 Å². The molecule has 3 aromatic rings. The van der Waals surface area contributed by atoms with E-state index in [-0.39, 0.29) is 45.9 Å². The van der Waals surface area contributed by atoms with Crippen LogP contribution in [0.4, 0.5) is 8.78 Å². The molecule has 10 heteroatoms. The van der Waals surface area contributed by atoms with Gasteiger partial charge in [-0.2, -0.15) is 0 Å². The van der Waals surface area contributed by atoms with Crippen LogP contribution in [0.5, 0.6) is 11.5 Å². The number of imidazole rings is 1. The summed E-state index contributed by atoms with van der Waals surface area (Å²) in [5, 5.41) is 3.06. The molecule has 0 radical (unpaired) electrons. The van der Waals surface area contributed by atoms with Crippen molar-refractivity contribution < 1.29 is 23.0 Å². The number of H-pyrrole nitrogens is 1. The van der Waals surface area contributed by atoms with E-state index in [0.29, 0.717) is 5.75 Å². The fourth-order valence-electron chi connectivity index (χ4n) is 4.65. The monoisotopic (exact) mass is 493 g/mol. The Morgan fingerprint density at radius 2 is 1.64 bits per heavy atom. The van der Waals surface area contributed by atoms with Gasteiger partial charge in [-0.25, -0.2) is 13.8 Å². The minimum atomic E-state index is -0.598. The Kier molecular flexibility index (Phi) is 5.45.